The molecule has 0 saturated carbocycles. The predicted octanol–water partition coefficient (Wildman–Crippen LogP) is 12.4. The van der Waals surface area contributed by atoms with Gasteiger partial charge in [-0.05, 0) is 83.1 Å². The molecule has 0 amide bonds. The van der Waals surface area contributed by atoms with E-state index in [4.69, 9.17) is 18.5 Å². The molecule has 0 aliphatic heterocycles. The Kier molecular flexibility index (Phi) is 37.8. The van der Waals surface area contributed by atoms with Crippen LogP contribution in [0.1, 0.15) is 142 Å². The molecule has 0 spiro atoms. The summed E-state index contributed by atoms with van der Waals surface area (Å²) < 4.78 is 34.6. The molecule has 2 N–H and O–H groups in total. The summed E-state index contributed by atoms with van der Waals surface area (Å²) in [6.07, 6.45) is 51.7. The molecule has 0 radical (unpaired) electrons. The normalized spacial score (nSPS) is 15.2. The van der Waals surface area contributed by atoms with Crippen LogP contribution in [0.25, 0.3) is 0 Å². The van der Waals surface area contributed by atoms with Crippen molar-refractivity contribution < 1.29 is 42.4 Å². The van der Waals surface area contributed by atoms with Crippen molar-refractivity contribution in [1.29, 1.82) is 0 Å². The standard InChI is InChI=1S/C48H82NO8P/c1-6-8-10-11-12-13-14-15-16-17-21-24-27-30-33-37-42-54-47(45-57-58(52,53)56-43-41-49(3,4)5)44-55-48(51)40-36-32-29-26-23-20-18-19-22-25-28-31-35-39-46(50)38-34-9-7-2/h9,13-14,19-20,22-23,28-29,31-32,34-35,37,39,42,46-47,50H,6-8,10-12,15-18,21,24-27,30,33,36,38,40-41,43-45H2,1-5H3/p+1/b14-13-,22-19-,23-20-,31-28+,32-29-,34-9-,39-35+,42-37+/t46?,47-/m1/s1. The van der Waals surface area contributed by atoms with Gasteiger partial charge in [-0.2, -0.15) is 0 Å². The molecule has 9 nitrogen and oxygen atoms in total. The number of esters is 1. The number of unbranched alkanes of at least 4 members (excludes halogenated alkanes) is 11. The topological polar surface area (TPSA) is 112 Å². The highest BCUT2D eigenvalue weighted by molar-refractivity contribution is 7.47. The number of hydrogen-bond donors (Lipinski definition) is 2. The van der Waals surface area contributed by atoms with Crippen molar-refractivity contribution in [3.05, 3.63) is 97.4 Å². The third-order valence-electron chi connectivity index (χ3n) is 8.81. The predicted molar refractivity (Wildman–Crippen MR) is 243 cm³/mol. The zero-order chi connectivity index (χ0) is 42.8. The number of likely N-dealkylation sites (N-methyl/N-ethyl adjacent to an activating group) is 1. The molecule has 0 aliphatic carbocycles. The fourth-order valence-corrected chi connectivity index (χ4v) is 6.03. The molecule has 332 valence electrons. The van der Waals surface area contributed by atoms with Gasteiger partial charge in [-0.15, -0.1) is 0 Å². The van der Waals surface area contributed by atoms with E-state index in [1.807, 2.05) is 57.6 Å². The number of phosphoric ester groups is 1. The SMILES string of the molecule is CC/C=C\CC(O)/C=C/C=C/C/C=C\C/C=C\C/C=C\CCC(=O)OC[C@H](COP(=O)(O)OCC[N+](C)(C)C)O/C=C/CCCCCCCC/C=C\CCCCCC. The van der Waals surface area contributed by atoms with E-state index in [-0.39, 0.29) is 32.2 Å². The van der Waals surface area contributed by atoms with Crippen molar-refractivity contribution in [2.45, 2.75) is 154 Å². The highest BCUT2D eigenvalue weighted by atomic mass is 31.2. The summed E-state index contributed by atoms with van der Waals surface area (Å²) in [5, 5.41) is 9.85. The molecule has 3 atom stereocenters. The number of aliphatic hydroxyl groups is 1. The fourth-order valence-electron chi connectivity index (χ4n) is 5.29. The maximum absolute atomic E-state index is 12.5. The van der Waals surface area contributed by atoms with Crippen molar-refractivity contribution in [3.63, 3.8) is 0 Å². The summed E-state index contributed by atoms with van der Waals surface area (Å²) in [5.41, 5.74) is 0. The number of phosphoric acid groups is 1. The van der Waals surface area contributed by atoms with Gasteiger partial charge in [-0.1, -0.05) is 144 Å². The minimum atomic E-state index is -4.30. The van der Waals surface area contributed by atoms with Crippen LogP contribution < -0.4 is 0 Å². The molecule has 0 rings (SSSR count). The molecule has 0 fully saturated rings. The lowest BCUT2D eigenvalue weighted by molar-refractivity contribution is -0.870. The molecule has 0 aromatic rings. The lowest BCUT2D eigenvalue weighted by atomic mass is 10.1. The Labute approximate surface area is 354 Å². The van der Waals surface area contributed by atoms with Crippen LogP contribution in [0, 0.1) is 0 Å². The van der Waals surface area contributed by atoms with Gasteiger partial charge in [0.15, 0.2) is 6.10 Å². The van der Waals surface area contributed by atoms with Crippen LogP contribution in [0.2, 0.25) is 0 Å². The zero-order valence-electron chi connectivity index (χ0n) is 37.1. The van der Waals surface area contributed by atoms with E-state index < -0.39 is 20.0 Å². The Morgan fingerprint density at radius 2 is 1.22 bits per heavy atom. The Hall–Kier alpha value is -2.78. The highest BCUT2D eigenvalue weighted by Gasteiger charge is 2.25. The van der Waals surface area contributed by atoms with Gasteiger partial charge in [0.1, 0.15) is 19.8 Å². The first kappa shape index (κ1) is 55.2. The van der Waals surface area contributed by atoms with E-state index >= 15 is 0 Å². The van der Waals surface area contributed by atoms with Crippen LogP contribution in [0.5, 0.6) is 0 Å². The summed E-state index contributed by atoms with van der Waals surface area (Å²) in [6, 6.07) is 0. The van der Waals surface area contributed by atoms with Crippen LogP contribution in [0.3, 0.4) is 0 Å². The second kappa shape index (κ2) is 39.7. The molecule has 0 aromatic heterocycles. The maximum Gasteiger partial charge on any atom is 0.472 e. The summed E-state index contributed by atoms with van der Waals surface area (Å²) in [4.78, 5) is 22.6. The first-order valence-electron chi connectivity index (χ1n) is 22.1. The third-order valence-corrected chi connectivity index (χ3v) is 9.80. The summed E-state index contributed by atoms with van der Waals surface area (Å²) in [7, 11) is 1.59. The van der Waals surface area contributed by atoms with Gasteiger partial charge in [-0.25, -0.2) is 4.57 Å². The number of quaternary nitrogens is 1. The fraction of sp³-hybridized carbons (Fsp3) is 0.646. The Balaban J connectivity index is 4.47. The van der Waals surface area contributed by atoms with E-state index in [1.165, 1.54) is 64.2 Å². The lowest BCUT2D eigenvalue weighted by Gasteiger charge is -2.24. The van der Waals surface area contributed by atoms with Crippen molar-refractivity contribution in [2.75, 3.05) is 47.5 Å². The smallest absolute Gasteiger partial charge is 0.472 e. The average Bonchev–Trinajstić information content (AvgIpc) is 3.17. The molecule has 10 heteroatoms. The number of aliphatic hydroxyl groups excluding tert-OH is 1. The minimum Gasteiger partial charge on any atom is -0.492 e. The van der Waals surface area contributed by atoms with Crippen LogP contribution in [0.4, 0.5) is 0 Å². The van der Waals surface area contributed by atoms with E-state index in [0.29, 0.717) is 23.9 Å². The molecule has 0 aromatic carbocycles. The van der Waals surface area contributed by atoms with Gasteiger partial charge in [0.2, 0.25) is 0 Å². The first-order chi connectivity index (χ1) is 28.0. The maximum atomic E-state index is 12.5. The van der Waals surface area contributed by atoms with Crippen LogP contribution >= 0.6 is 7.82 Å². The monoisotopic (exact) mass is 833 g/mol. The van der Waals surface area contributed by atoms with Crippen LogP contribution in [-0.4, -0.2) is 80.2 Å². The molecule has 0 bridgehead atoms. The summed E-state index contributed by atoms with van der Waals surface area (Å²) in [5.74, 6) is -0.377. The molecular weight excluding hydrogens is 750 g/mol. The van der Waals surface area contributed by atoms with Crippen molar-refractivity contribution >= 4 is 13.8 Å². The van der Waals surface area contributed by atoms with Gasteiger partial charge >= 0.3 is 13.8 Å². The minimum absolute atomic E-state index is 0.0654. The molecule has 0 saturated heterocycles. The largest absolute Gasteiger partial charge is 0.492 e. The number of hydrogen-bond acceptors (Lipinski definition) is 7. The van der Waals surface area contributed by atoms with E-state index in [2.05, 4.69) is 62.5 Å². The van der Waals surface area contributed by atoms with Gasteiger partial charge in [-0.3, -0.25) is 13.8 Å². The van der Waals surface area contributed by atoms with Crippen LogP contribution in [-0.2, 0) is 27.9 Å². The molecule has 0 aliphatic rings. The van der Waals surface area contributed by atoms with E-state index in [1.54, 1.807) is 12.3 Å². The lowest BCUT2D eigenvalue weighted by Crippen LogP contribution is -2.37. The summed E-state index contributed by atoms with van der Waals surface area (Å²) in [6.45, 7) is 4.56. The first-order valence-corrected chi connectivity index (χ1v) is 23.6. The van der Waals surface area contributed by atoms with Gasteiger partial charge in [0.25, 0.3) is 0 Å². The second-order valence-electron chi connectivity index (χ2n) is 15.6. The second-order valence-corrected chi connectivity index (χ2v) is 17.1. The zero-order valence-corrected chi connectivity index (χ0v) is 38.0. The van der Waals surface area contributed by atoms with E-state index in [9.17, 15) is 19.4 Å². The average molecular weight is 833 g/mol. The van der Waals surface area contributed by atoms with Gasteiger partial charge in [0, 0.05) is 6.42 Å². The third kappa shape index (κ3) is 42.8. The number of carbonyl (C=O) groups excluding carboxylic acids is 1. The number of carbonyl (C=O) groups is 1. The number of ether oxygens (including phenoxy) is 2. The van der Waals surface area contributed by atoms with Crippen molar-refractivity contribution in [3.8, 4) is 0 Å². The van der Waals surface area contributed by atoms with Gasteiger partial charge < -0.3 is 24.0 Å². The molecular formula is C48H83NO8P+. The van der Waals surface area contributed by atoms with Gasteiger partial charge in [0.05, 0.1) is 40.1 Å². The number of rotatable bonds is 39. The Morgan fingerprint density at radius 1 is 0.655 bits per heavy atom. The van der Waals surface area contributed by atoms with Crippen molar-refractivity contribution in [2.24, 2.45) is 0 Å². The molecule has 0 heterocycles. The Bertz CT molecular complexity index is 1260. The van der Waals surface area contributed by atoms with Crippen LogP contribution in [0.15, 0.2) is 97.4 Å². The molecule has 58 heavy (non-hydrogen) atoms. The van der Waals surface area contributed by atoms with Crippen molar-refractivity contribution in [1.82, 2.24) is 0 Å². The summed E-state index contributed by atoms with van der Waals surface area (Å²) >= 11 is 0. The number of allylic oxidation sites excluding steroid dienone is 13. The Morgan fingerprint density at radius 3 is 1.84 bits per heavy atom. The highest BCUT2D eigenvalue weighted by Crippen LogP contribution is 2.43. The quantitative estimate of drug-likeness (QED) is 0.0120. The van der Waals surface area contributed by atoms with E-state index in [0.717, 1.165) is 44.9 Å². The number of nitrogens with zero attached hydrogens (tertiary/aromatic N) is 1. The molecule has 2 unspecified atom stereocenters.